The molecule has 0 saturated heterocycles. The summed E-state index contributed by atoms with van der Waals surface area (Å²) >= 11 is -2.33. The largest absolute Gasteiger partial charge is 0.364 e. The van der Waals surface area contributed by atoms with Crippen LogP contribution in [0.25, 0.3) is 0 Å². The molecule has 10 heteroatoms. The van der Waals surface area contributed by atoms with Crippen LogP contribution in [0.5, 0.6) is 0 Å². The predicted octanol–water partition coefficient (Wildman–Crippen LogP) is 1.67. The Labute approximate surface area is 132 Å². The van der Waals surface area contributed by atoms with Crippen LogP contribution in [0.15, 0.2) is 29.0 Å². The molecule has 1 heterocycles. The van der Waals surface area contributed by atoms with Crippen LogP contribution in [-0.2, 0) is 17.8 Å². The maximum atomic E-state index is 14.1. The smallest absolute Gasteiger partial charge is 0.273 e. The van der Waals surface area contributed by atoms with Gasteiger partial charge in [0, 0.05) is 23.7 Å². The van der Waals surface area contributed by atoms with Gasteiger partial charge in [-0.2, -0.15) is 0 Å². The Bertz CT molecular complexity index is 724. The maximum Gasteiger partial charge on any atom is 0.273 e. The molecular weight excluding hydrogens is 332 g/mol. The summed E-state index contributed by atoms with van der Waals surface area (Å²) in [4.78, 5) is 11.8. The monoisotopic (exact) mass is 345 g/mol. The van der Waals surface area contributed by atoms with Gasteiger partial charge in [0.1, 0.15) is 17.9 Å². The summed E-state index contributed by atoms with van der Waals surface area (Å²) in [6.07, 6.45) is 1.22. The van der Waals surface area contributed by atoms with E-state index in [4.69, 9.17) is 4.55 Å². The zero-order chi connectivity index (χ0) is 17.0. The maximum absolute atomic E-state index is 14.1. The lowest BCUT2D eigenvalue weighted by atomic mass is 10.0. The van der Waals surface area contributed by atoms with Crippen molar-refractivity contribution < 1.29 is 26.9 Å². The second-order valence-electron chi connectivity index (χ2n) is 4.62. The third kappa shape index (κ3) is 4.41. The summed E-state index contributed by atoms with van der Waals surface area (Å²) in [5.41, 5.74) is -0.152. The van der Waals surface area contributed by atoms with Crippen LogP contribution in [0, 0.1) is 11.6 Å². The topological polar surface area (TPSA) is 104 Å². The summed E-state index contributed by atoms with van der Waals surface area (Å²) in [6.45, 7) is 1.17. The third-order valence-electron chi connectivity index (χ3n) is 3.04. The van der Waals surface area contributed by atoms with Crippen molar-refractivity contribution in [2.24, 2.45) is 0 Å². The fourth-order valence-corrected chi connectivity index (χ4v) is 2.17. The molecule has 0 bridgehead atoms. The fraction of sp³-hybridized carbons (Fsp3) is 0.231. The molecule has 3 N–H and O–H groups in total. The lowest BCUT2D eigenvalue weighted by Gasteiger charge is -2.15. The molecular formula is C13H13F2N3O4S. The summed E-state index contributed by atoms with van der Waals surface area (Å²) in [7, 11) is 0. The molecule has 2 rings (SSSR count). The Balaban J connectivity index is 2.14. The van der Waals surface area contributed by atoms with Crippen molar-refractivity contribution in [1.29, 1.82) is 0 Å². The number of hydrogen-bond donors (Lipinski definition) is 3. The number of amides is 1. The van der Waals surface area contributed by atoms with Crippen LogP contribution < -0.4 is 10.0 Å². The highest BCUT2D eigenvalue weighted by Gasteiger charge is 2.19. The molecule has 0 radical (unpaired) electrons. The highest BCUT2D eigenvalue weighted by atomic mass is 32.2. The van der Waals surface area contributed by atoms with Crippen LogP contribution in [0.1, 0.15) is 34.6 Å². The average molecular weight is 345 g/mol. The van der Waals surface area contributed by atoms with Crippen molar-refractivity contribution in [2.75, 3.05) is 0 Å². The van der Waals surface area contributed by atoms with Crippen molar-refractivity contribution in [3.05, 3.63) is 52.9 Å². The van der Waals surface area contributed by atoms with Crippen LogP contribution in [-0.4, -0.2) is 19.8 Å². The first kappa shape index (κ1) is 17.2. The van der Waals surface area contributed by atoms with Crippen LogP contribution in [0.4, 0.5) is 8.78 Å². The van der Waals surface area contributed by atoms with Gasteiger partial charge in [-0.3, -0.25) is 9.35 Å². The predicted molar refractivity (Wildman–Crippen MR) is 76.4 cm³/mol. The van der Waals surface area contributed by atoms with Gasteiger partial charge in [0.25, 0.3) is 5.91 Å². The van der Waals surface area contributed by atoms with Gasteiger partial charge in [-0.05, 0) is 19.1 Å². The van der Waals surface area contributed by atoms with Gasteiger partial charge in [0.15, 0.2) is 5.69 Å². The molecule has 2 atom stereocenters. The van der Waals surface area contributed by atoms with E-state index >= 15 is 0 Å². The average Bonchev–Trinajstić information content (AvgIpc) is 3.01. The van der Waals surface area contributed by atoms with Crippen molar-refractivity contribution in [2.45, 2.75) is 19.5 Å². The molecule has 0 aliphatic rings. The molecule has 0 fully saturated rings. The first-order valence-corrected chi connectivity index (χ1v) is 7.52. The normalized spacial score (nSPS) is 13.6. The Kier molecular flexibility index (Phi) is 5.53. The Morgan fingerprint density at radius 1 is 1.43 bits per heavy atom. The van der Waals surface area contributed by atoms with E-state index in [1.165, 1.54) is 19.3 Å². The second-order valence-corrected chi connectivity index (χ2v) is 5.40. The number of nitrogens with one attached hydrogen (secondary N) is 2. The number of hydrogen-bond acceptors (Lipinski definition) is 4. The second kappa shape index (κ2) is 7.40. The van der Waals surface area contributed by atoms with Gasteiger partial charge >= 0.3 is 0 Å². The zero-order valence-corrected chi connectivity index (χ0v) is 12.7. The third-order valence-corrected chi connectivity index (χ3v) is 3.43. The highest BCUT2D eigenvalue weighted by molar-refractivity contribution is 7.77. The van der Waals surface area contributed by atoms with Gasteiger partial charge in [0.05, 0.1) is 6.04 Å². The van der Waals surface area contributed by atoms with Crippen molar-refractivity contribution in [3.63, 3.8) is 0 Å². The molecule has 0 aliphatic heterocycles. The number of aromatic nitrogens is 1. The zero-order valence-electron chi connectivity index (χ0n) is 11.9. The molecule has 0 spiro atoms. The summed E-state index contributed by atoms with van der Waals surface area (Å²) < 4.78 is 53.7. The molecule has 0 aliphatic carbocycles. The van der Waals surface area contributed by atoms with Crippen LogP contribution in [0.2, 0.25) is 0 Å². The number of benzene rings is 1. The van der Waals surface area contributed by atoms with Gasteiger partial charge < -0.3 is 9.84 Å². The highest BCUT2D eigenvalue weighted by Crippen LogP contribution is 2.21. The van der Waals surface area contributed by atoms with E-state index in [2.05, 4.69) is 19.7 Å². The minimum Gasteiger partial charge on any atom is -0.364 e. The fourth-order valence-electron chi connectivity index (χ4n) is 1.89. The Hall–Kier alpha value is -2.17. The molecule has 23 heavy (non-hydrogen) atoms. The van der Waals surface area contributed by atoms with Crippen molar-refractivity contribution in [3.8, 4) is 0 Å². The molecule has 1 aromatic carbocycles. The molecule has 1 amide bonds. The van der Waals surface area contributed by atoms with Gasteiger partial charge in [0.2, 0.25) is 11.3 Å². The van der Waals surface area contributed by atoms with E-state index < -0.39 is 34.8 Å². The molecule has 124 valence electrons. The number of carbonyl (C=O) groups is 1. The lowest BCUT2D eigenvalue weighted by molar-refractivity contribution is 0.0930. The molecule has 1 aromatic heterocycles. The first-order valence-electron chi connectivity index (χ1n) is 6.42. The molecule has 2 aromatic rings. The number of rotatable bonds is 6. The SMILES string of the molecule is CC(NC(=O)c1ccon1)c1cc(F)c(CNS(=O)O)cc1F. The van der Waals surface area contributed by atoms with E-state index in [1.807, 2.05) is 0 Å². The van der Waals surface area contributed by atoms with Crippen molar-refractivity contribution >= 4 is 17.2 Å². The number of carbonyl (C=O) groups excluding carboxylic acids is 1. The summed E-state index contributed by atoms with van der Waals surface area (Å²) in [5.74, 6) is -2.10. The molecule has 7 nitrogen and oxygen atoms in total. The molecule has 2 unspecified atom stereocenters. The standard InChI is InChI=1S/C13H13F2N3O4S/c1-7(17-13(19)12-2-3-22-18-12)9-5-10(14)8(4-11(9)15)6-16-23(20)21/h2-5,7,16H,6H2,1H3,(H,17,19)(H,20,21). The Morgan fingerprint density at radius 3 is 2.78 bits per heavy atom. The van der Waals surface area contributed by atoms with Crippen molar-refractivity contribution in [1.82, 2.24) is 15.2 Å². The Morgan fingerprint density at radius 2 is 2.17 bits per heavy atom. The summed E-state index contributed by atoms with van der Waals surface area (Å²) in [6, 6.07) is 2.36. The van der Waals surface area contributed by atoms with E-state index in [1.54, 1.807) is 0 Å². The van der Waals surface area contributed by atoms with Crippen LogP contribution in [0.3, 0.4) is 0 Å². The first-order chi connectivity index (χ1) is 10.9. The van der Waals surface area contributed by atoms with Gasteiger partial charge in [-0.1, -0.05) is 5.16 Å². The van der Waals surface area contributed by atoms with Gasteiger partial charge in [-0.25, -0.2) is 17.7 Å². The van der Waals surface area contributed by atoms with E-state index in [0.29, 0.717) is 0 Å². The van der Waals surface area contributed by atoms with Gasteiger partial charge in [-0.15, -0.1) is 0 Å². The summed E-state index contributed by atoms with van der Waals surface area (Å²) in [5, 5.41) is 5.91. The number of nitrogens with zero attached hydrogens (tertiary/aromatic N) is 1. The minimum absolute atomic E-state index is 0.0176. The van der Waals surface area contributed by atoms with E-state index in [-0.39, 0.29) is 23.4 Å². The van der Waals surface area contributed by atoms with Crippen LogP contribution >= 0.6 is 0 Å². The lowest BCUT2D eigenvalue weighted by Crippen LogP contribution is -2.27. The van der Waals surface area contributed by atoms with E-state index in [9.17, 15) is 17.8 Å². The number of halogens is 2. The quantitative estimate of drug-likeness (QED) is 0.691. The minimum atomic E-state index is -2.33. The molecule has 0 saturated carbocycles. The van der Waals surface area contributed by atoms with E-state index in [0.717, 1.165) is 12.1 Å².